The molecule has 0 aliphatic heterocycles. The van der Waals surface area contributed by atoms with Crippen LogP contribution in [-0.4, -0.2) is 18.4 Å². The van der Waals surface area contributed by atoms with Gasteiger partial charge in [-0.3, -0.25) is 0 Å². The van der Waals surface area contributed by atoms with Crippen LogP contribution < -0.4 is 4.31 Å². The third-order valence-electron chi connectivity index (χ3n) is 4.24. The van der Waals surface area contributed by atoms with Crippen LogP contribution in [-0.2, 0) is 16.6 Å². The van der Waals surface area contributed by atoms with E-state index in [1.54, 1.807) is 54.6 Å². The normalized spacial score (nSPS) is 11.6. The van der Waals surface area contributed by atoms with Crippen LogP contribution >= 0.6 is 11.6 Å². The molecule has 6 nitrogen and oxygen atoms in total. The number of para-hydroxylation sites is 2. The van der Waals surface area contributed by atoms with Gasteiger partial charge in [-0.15, -0.1) is 0 Å². The van der Waals surface area contributed by atoms with Crippen LogP contribution in [0.2, 0.25) is 5.15 Å². The van der Waals surface area contributed by atoms with Gasteiger partial charge in [0.1, 0.15) is 5.76 Å². The molecule has 0 atom stereocenters. The van der Waals surface area contributed by atoms with E-state index in [2.05, 4.69) is 9.97 Å². The van der Waals surface area contributed by atoms with Crippen LogP contribution in [0.1, 0.15) is 11.3 Å². The SMILES string of the molecule is Cc1ccc(S(=O)(=O)N(Cc2ccco2)c2nc3ccccc3nc2Cl)cc1. The van der Waals surface area contributed by atoms with E-state index in [4.69, 9.17) is 16.0 Å². The molecule has 0 fully saturated rings. The molecule has 0 aliphatic rings. The van der Waals surface area contributed by atoms with Gasteiger partial charge in [0.05, 0.1) is 28.7 Å². The fourth-order valence-corrected chi connectivity index (χ4v) is 4.46. The van der Waals surface area contributed by atoms with Gasteiger partial charge in [0.25, 0.3) is 10.0 Å². The van der Waals surface area contributed by atoms with Crippen molar-refractivity contribution in [2.24, 2.45) is 0 Å². The molecule has 4 rings (SSSR count). The van der Waals surface area contributed by atoms with E-state index in [1.165, 1.54) is 6.26 Å². The van der Waals surface area contributed by atoms with E-state index in [1.807, 2.05) is 13.0 Å². The Bertz CT molecular complexity index is 1220. The van der Waals surface area contributed by atoms with Gasteiger partial charge in [-0.1, -0.05) is 41.4 Å². The second-order valence-electron chi connectivity index (χ2n) is 6.23. The van der Waals surface area contributed by atoms with E-state index >= 15 is 0 Å². The number of aromatic nitrogens is 2. The average Bonchev–Trinajstić information content (AvgIpc) is 3.19. The molecule has 0 amide bonds. The van der Waals surface area contributed by atoms with E-state index in [-0.39, 0.29) is 22.4 Å². The van der Waals surface area contributed by atoms with Gasteiger partial charge < -0.3 is 4.42 Å². The number of anilines is 1. The van der Waals surface area contributed by atoms with Crippen molar-refractivity contribution in [3.8, 4) is 0 Å². The smallest absolute Gasteiger partial charge is 0.265 e. The van der Waals surface area contributed by atoms with Gasteiger partial charge in [0.15, 0.2) is 11.0 Å². The number of hydrogen-bond acceptors (Lipinski definition) is 5. The average molecular weight is 414 g/mol. The Labute approximate surface area is 167 Å². The number of fused-ring (bicyclic) bond motifs is 1. The fraction of sp³-hybridized carbons (Fsp3) is 0.100. The molecule has 8 heteroatoms. The van der Waals surface area contributed by atoms with Crippen molar-refractivity contribution in [3.63, 3.8) is 0 Å². The van der Waals surface area contributed by atoms with Gasteiger partial charge in [0.2, 0.25) is 0 Å². The van der Waals surface area contributed by atoms with E-state index in [0.29, 0.717) is 16.8 Å². The molecule has 2 aromatic carbocycles. The van der Waals surface area contributed by atoms with Gasteiger partial charge in [-0.2, -0.15) is 0 Å². The van der Waals surface area contributed by atoms with Crippen LogP contribution in [0, 0.1) is 6.92 Å². The third-order valence-corrected chi connectivity index (χ3v) is 6.24. The third kappa shape index (κ3) is 3.46. The first-order valence-electron chi connectivity index (χ1n) is 8.49. The predicted molar refractivity (Wildman–Crippen MR) is 108 cm³/mol. The Balaban J connectivity index is 1.89. The molecule has 0 bridgehead atoms. The molecule has 0 N–H and O–H groups in total. The van der Waals surface area contributed by atoms with Crippen molar-refractivity contribution < 1.29 is 12.8 Å². The molecule has 142 valence electrons. The quantitative estimate of drug-likeness (QED) is 0.478. The van der Waals surface area contributed by atoms with E-state index < -0.39 is 10.0 Å². The molecule has 0 aliphatic carbocycles. The number of furan rings is 1. The lowest BCUT2D eigenvalue weighted by Gasteiger charge is -2.23. The van der Waals surface area contributed by atoms with Crippen LogP contribution in [0.15, 0.2) is 76.2 Å². The minimum atomic E-state index is -3.95. The first-order chi connectivity index (χ1) is 13.4. The minimum Gasteiger partial charge on any atom is -0.467 e. The highest BCUT2D eigenvalue weighted by Crippen LogP contribution is 2.31. The van der Waals surface area contributed by atoms with E-state index in [9.17, 15) is 8.42 Å². The topological polar surface area (TPSA) is 76.3 Å². The Hall–Kier alpha value is -2.90. The van der Waals surface area contributed by atoms with Crippen molar-refractivity contribution in [1.29, 1.82) is 0 Å². The first kappa shape index (κ1) is 18.5. The highest BCUT2D eigenvalue weighted by Gasteiger charge is 2.29. The summed E-state index contributed by atoms with van der Waals surface area (Å²) >= 11 is 6.35. The zero-order valence-corrected chi connectivity index (χ0v) is 16.5. The van der Waals surface area contributed by atoms with Crippen LogP contribution in [0.25, 0.3) is 11.0 Å². The molecule has 28 heavy (non-hydrogen) atoms. The van der Waals surface area contributed by atoms with Crippen LogP contribution in [0.4, 0.5) is 5.82 Å². The van der Waals surface area contributed by atoms with Gasteiger partial charge in [-0.05, 0) is 43.3 Å². The zero-order chi connectivity index (χ0) is 19.7. The Morgan fingerprint density at radius 1 is 0.964 bits per heavy atom. The summed E-state index contributed by atoms with van der Waals surface area (Å²) < 4.78 is 33.3. The van der Waals surface area contributed by atoms with Gasteiger partial charge >= 0.3 is 0 Å². The van der Waals surface area contributed by atoms with Crippen molar-refractivity contribution in [1.82, 2.24) is 9.97 Å². The zero-order valence-electron chi connectivity index (χ0n) is 14.9. The number of benzene rings is 2. The Kier molecular flexibility index (Phi) is 4.78. The molecular weight excluding hydrogens is 398 g/mol. The predicted octanol–water partition coefficient (Wildman–Crippen LogP) is 4.58. The van der Waals surface area contributed by atoms with Crippen molar-refractivity contribution in [2.75, 3.05) is 4.31 Å². The fourth-order valence-electron chi connectivity index (χ4n) is 2.78. The number of rotatable bonds is 5. The summed E-state index contributed by atoms with van der Waals surface area (Å²) in [6.45, 7) is 1.83. The highest BCUT2D eigenvalue weighted by atomic mass is 35.5. The summed E-state index contributed by atoms with van der Waals surface area (Å²) in [5, 5.41) is 0.000873. The number of aryl methyl sites for hydroxylation is 1. The molecule has 0 spiro atoms. The summed E-state index contributed by atoms with van der Waals surface area (Å²) in [5.74, 6) is 0.513. The maximum Gasteiger partial charge on any atom is 0.265 e. The lowest BCUT2D eigenvalue weighted by atomic mass is 10.2. The van der Waals surface area contributed by atoms with Gasteiger partial charge in [-0.25, -0.2) is 22.7 Å². The lowest BCUT2D eigenvalue weighted by molar-refractivity contribution is 0.508. The first-order valence-corrected chi connectivity index (χ1v) is 10.3. The largest absolute Gasteiger partial charge is 0.467 e. The maximum atomic E-state index is 13.4. The molecule has 4 aromatic rings. The van der Waals surface area contributed by atoms with Crippen LogP contribution in [0.5, 0.6) is 0 Å². The summed E-state index contributed by atoms with van der Waals surface area (Å²) in [7, 11) is -3.95. The molecular formula is C20H16ClN3O3S. The minimum absolute atomic E-state index is 0.000873. The Morgan fingerprint density at radius 3 is 2.29 bits per heavy atom. The van der Waals surface area contributed by atoms with Crippen LogP contribution in [0.3, 0.4) is 0 Å². The number of sulfonamides is 1. The Morgan fingerprint density at radius 2 is 1.64 bits per heavy atom. The standard InChI is InChI=1S/C20H16ClN3O3S/c1-14-8-10-16(11-9-14)28(25,26)24(13-15-5-4-12-27-15)20-19(21)22-17-6-2-3-7-18(17)23-20/h2-12H,13H2,1H3. The summed E-state index contributed by atoms with van der Waals surface area (Å²) in [6, 6.07) is 17.1. The number of nitrogens with zero attached hydrogens (tertiary/aromatic N) is 3. The van der Waals surface area contributed by atoms with Crippen molar-refractivity contribution >= 4 is 38.5 Å². The molecule has 0 unspecified atom stereocenters. The molecule has 0 saturated heterocycles. The van der Waals surface area contributed by atoms with Crippen molar-refractivity contribution in [2.45, 2.75) is 18.4 Å². The summed E-state index contributed by atoms with van der Waals surface area (Å²) in [4.78, 5) is 8.92. The number of halogens is 1. The second kappa shape index (κ2) is 7.26. The number of hydrogen-bond donors (Lipinski definition) is 0. The molecule has 2 aromatic heterocycles. The highest BCUT2D eigenvalue weighted by molar-refractivity contribution is 7.92. The lowest BCUT2D eigenvalue weighted by Crippen LogP contribution is -2.31. The van der Waals surface area contributed by atoms with E-state index in [0.717, 1.165) is 9.87 Å². The molecule has 0 radical (unpaired) electrons. The van der Waals surface area contributed by atoms with Crippen molar-refractivity contribution in [3.05, 3.63) is 83.4 Å². The molecule has 0 saturated carbocycles. The second-order valence-corrected chi connectivity index (χ2v) is 8.45. The molecule has 2 heterocycles. The maximum absolute atomic E-state index is 13.4. The summed E-state index contributed by atoms with van der Waals surface area (Å²) in [6.07, 6.45) is 1.49. The summed E-state index contributed by atoms with van der Waals surface area (Å²) in [5.41, 5.74) is 2.09. The monoisotopic (exact) mass is 413 g/mol. The van der Waals surface area contributed by atoms with Gasteiger partial charge in [0, 0.05) is 0 Å².